The number of H-pyrrole nitrogens is 1. The number of fused-ring (bicyclic) bond motifs is 3. The van der Waals surface area contributed by atoms with Crippen molar-refractivity contribution in [1.29, 1.82) is 0 Å². The standard InChI is InChI=1S/C25H17IN2O2/c26-21-9-5-4-8-19(21)25(29)24-23-18(12-13-27-24)20-14-17(10-11-22(20)28-23)30-15-16-6-2-1-3-7-16/h1-14,28H,15H2. The highest BCUT2D eigenvalue weighted by molar-refractivity contribution is 14.1. The Morgan fingerprint density at radius 2 is 1.73 bits per heavy atom. The number of aromatic amines is 1. The molecule has 0 bridgehead atoms. The Bertz CT molecular complexity index is 1380. The fraction of sp³-hybridized carbons (Fsp3) is 0.0400. The first-order valence-electron chi connectivity index (χ1n) is 9.57. The van der Waals surface area contributed by atoms with Crippen LogP contribution in [0.1, 0.15) is 21.6 Å². The Kier molecular flexibility index (Phi) is 4.96. The van der Waals surface area contributed by atoms with Crippen molar-refractivity contribution in [2.75, 3.05) is 0 Å². The van der Waals surface area contributed by atoms with Gasteiger partial charge in [-0.3, -0.25) is 9.78 Å². The molecule has 0 amide bonds. The molecule has 2 aromatic heterocycles. The first kappa shape index (κ1) is 18.8. The minimum absolute atomic E-state index is 0.0855. The van der Waals surface area contributed by atoms with Crippen LogP contribution >= 0.6 is 22.6 Å². The molecule has 5 heteroatoms. The number of ether oxygens (including phenoxy) is 1. The molecule has 0 spiro atoms. The number of carbonyl (C=O) groups excluding carboxylic acids is 1. The van der Waals surface area contributed by atoms with E-state index >= 15 is 0 Å². The summed E-state index contributed by atoms with van der Waals surface area (Å²) in [6, 6.07) is 25.5. The Morgan fingerprint density at radius 1 is 0.933 bits per heavy atom. The molecule has 0 unspecified atom stereocenters. The van der Waals surface area contributed by atoms with Crippen molar-refractivity contribution >= 4 is 50.2 Å². The van der Waals surface area contributed by atoms with Crippen molar-refractivity contribution < 1.29 is 9.53 Å². The van der Waals surface area contributed by atoms with Crippen molar-refractivity contribution in [1.82, 2.24) is 9.97 Å². The van der Waals surface area contributed by atoms with Crippen molar-refractivity contribution in [3.8, 4) is 5.75 Å². The predicted molar refractivity (Wildman–Crippen MR) is 127 cm³/mol. The second-order valence-electron chi connectivity index (χ2n) is 7.00. The number of benzene rings is 3. The maximum absolute atomic E-state index is 13.2. The van der Waals surface area contributed by atoms with Crippen LogP contribution in [0.2, 0.25) is 0 Å². The average Bonchev–Trinajstić information content (AvgIpc) is 3.16. The van der Waals surface area contributed by atoms with Crippen LogP contribution in [0.25, 0.3) is 21.8 Å². The van der Waals surface area contributed by atoms with Crippen LogP contribution in [-0.2, 0) is 6.61 Å². The van der Waals surface area contributed by atoms with Gasteiger partial charge in [-0.05, 0) is 64.6 Å². The minimum Gasteiger partial charge on any atom is -0.489 e. The van der Waals surface area contributed by atoms with Crippen LogP contribution in [0.4, 0.5) is 0 Å². The number of carbonyl (C=O) groups is 1. The first-order chi connectivity index (χ1) is 14.7. The molecule has 0 saturated heterocycles. The molecule has 0 aliphatic heterocycles. The normalized spacial score (nSPS) is 11.1. The number of hydrogen-bond donors (Lipinski definition) is 1. The van der Waals surface area contributed by atoms with Crippen LogP contribution in [-0.4, -0.2) is 15.8 Å². The van der Waals surface area contributed by atoms with Gasteiger partial charge >= 0.3 is 0 Å². The highest BCUT2D eigenvalue weighted by Gasteiger charge is 2.19. The molecule has 0 aliphatic rings. The van der Waals surface area contributed by atoms with E-state index in [4.69, 9.17) is 4.74 Å². The van der Waals surface area contributed by atoms with Crippen LogP contribution < -0.4 is 4.74 Å². The number of rotatable bonds is 5. The van der Waals surface area contributed by atoms with E-state index < -0.39 is 0 Å². The third-order valence-electron chi connectivity index (χ3n) is 5.07. The topological polar surface area (TPSA) is 55.0 Å². The van der Waals surface area contributed by atoms with Gasteiger partial charge in [0.1, 0.15) is 18.1 Å². The van der Waals surface area contributed by atoms with E-state index in [9.17, 15) is 4.79 Å². The third kappa shape index (κ3) is 3.45. The lowest BCUT2D eigenvalue weighted by atomic mass is 10.1. The van der Waals surface area contributed by atoms with E-state index in [0.29, 0.717) is 17.9 Å². The highest BCUT2D eigenvalue weighted by atomic mass is 127. The van der Waals surface area contributed by atoms with E-state index in [2.05, 4.69) is 32.6 Å². The molecule has 5 aromatic rings. The molecule has 30 heavy (non-hydrogen) atoms. The number of halogens is 1. The summed E-state index contributed by atoms with van der Waals surface area (Å²) in [6.45, 7) is 0.506. The minimum atomic E-state index is -0.0855. The fourth-order valence-corrected chi connectivity index (χ4v) is 4.21. The van der Waals surface area contributed by atoms with Crippen molar-refractivity contribution in [3.05, 3.63) is 105 Å². The molecule has 0 fully saturated rings. The molecule has 0 saturated carbocycles. The van der Waals surface area contributed by atoms with E-state index in [1.54, 1.807) is 6.20 Å². The fourth-order valence-electron chi connectivity index (χ4n) is 3.58. The maximum Gasteiger partial charge on any atom is 0.214 e. The smallest absolute Gasteiger partial charge is 0.214 e. The zero-order valence-electron chi connectivity index (χ0n) is 15.9. The highest BCUT2D eigenvalue weighted by Crippen LogP contribution is 2.31. The number of pyridine rings is 1. The van der Waals surface area contributed by atoms with Gasteiger partial charge in [-0.2, -0.15) is 0 Å². The largest absolute Gasteiger partial charge is 0.489 e. The second kappa shape index (κ2) is 7.91. The molecular weight excluding hydrogens is 487 g/mol. The number of hydrogen-bond acceptors (Lipinski definition) is 3. The third-order valence-corrected chi connectivity index (χ3v) is 6.01. The van der Waals surface area contributed by atoms with Crippen molar-refractivity contribution in [2.45, 2.75) is 6.61 Å². The molecule has 2 heterocycles. The molecule has 0 radical (unpaired) electrons. The first-order valence-corrected chi connectivity index (χ1v) is 10.6. The quantitative estimate of drug-likeness (QED) is 0.232. The van der Waals surface area contributed by atoms with Crippen LogP contribution in [0.15, 0.2) is 85.1 Å². The van der Waals surface area contributed by atoms with Gasteiger partial charge in [0.05, 0.1) is 5.52 Å². The van der Waals surface area contributed by atoms with Crippen LogP contribution in [0.5, 0.6) is 5.75 Å². The summed E-state index contributed by atoms with van der Waals surface area (Å²) in [5, 5.41) is 1.97. The number of nitrogens with zero attached hydrogens (tertiary/aromatic N) is 1. The van der Waals surface area contributed by atoms with Crippen LogP contribution in [0.3, 0.4) is 0 Å². The van der Waals surface area contributed by atoms with Gasteiger partial charge in [-0.15, -0.1) is 0 Å². The number of ketones is 1. The predicted octanol–water partition coefficient (Wildman–Crippen LogP) is 6.13. The molecule has 3 aromatic carbocycles. The summed E-state index contributed by atoms with van der Waals surface area (Å²) in [7, 11) is 0. The number of nitrogens with one attached hydrogen (secondary N) is 1. The average molecular weight is 504 g/mol. The van der Waals surface area contributed by atoms with Gasteiger partial charge in [-0.1, -0.05) is 42.5 Å². The summed E-state index contributed by atoms with van der Waals surface area (Å²) in [5.74, 6) is 0.701. The maximum atomic E-state index is 13.2. The van der Waals surface area contributed by atoms with Crippen LogP contribution in [0, 0.1) is 3.57 Å². The summed E-state index contributed by atoms with van der Waals surface area (Å²) >= 11 is 2.18. The van der Waals surface area contributed by atoms with Crippen molar-refractivity contribution in [2.24, 2.45) is 0 Å². The zero-order valence-corrected chi connectivity index (χ0v) is 18.1. The van der Waals surface area contributed by atoms with Gasteiger partial charge in [0.15, 0.2) is 0 Å². The van der Waals surface area contributed by atoms with Gasteiger partial charge < -0.3 is 9.72 Å². The Hall–Kier alpha value is -3.19. The zero-order chi connectivity index (χ0) is 20.5. The molecule has 146 valence electrons. The Morgan fingerprint density at radius 3 is 2.57 bits per heavy atom. The molecule has 0 atom stereocenters. The number of aromatic nitrogens is 2. The van der Waals surface area contributed by atoms with E-state index in [0.717, 1.165) is 36.7 Å². The van der Waals surface area contributed by atoms with Gasteiger partial charge in [0, 0.05) is 31.6 Å². The van der Waals surface area contributed by atoms with Gasteiger partial charge in [0.2, 0.25) is 5.78 Å². The molecule has 0 aliphatic carbocycles. The van der Waals surface area contributed by atoms with E-state index in [1.165, 1.54) is 0 Å². The summed E-state index contributed by atoms with van der Waals surface area (Å²) < 4.78 is 6.89. The Labute approximate surface area is 187 Å². The monoisotopic (exact) mass is 504 g/mol. The summed E-state index contributed by atoms with van der Waals surface area (Å²) in [5.41, 5.74) is 3.90. The summed E-state index contributed by atoms with van der Waals surface area (Å²) in [6.07, 6.45) is 1.69. The van der Waals surface area contributed by atoms with Gasteiger partial charge in [0.25, 0.3) is 0 Å². The molecule has 4 nitrogen and oxygen atoms in total. The lowest BCUT2D eigenvalue weighted by Gasteiger charge is -2.06. The lowest BCUT2D eigenvalue weighted by Crippen LogP contribution is -2.06. The second-order valence-corrected chi connectivity index (χ2v) is 8.16. The van der Waals surface area contributed by atoms with E-state index in [1.807, 2.05) is 78.9 Å². The Balaban J connectivity index is 1.54. The molecule has 5 rings (SSSR count). The lowest BCUT2D eigenvalue weighted by molar-refractivity contribution is 0.103. The molecular formula is C25H17IN2O2. The molecule has 1 N–H and O–H groups in total. The van der Waals surface area contributed by atoms with E-state index in [-0.39, 0.29) is 5.78 Å². The van der Waals surface area contributed by atoms with Crippen molar-refractivity contribution in [3.63, 3.8) is 0 Å². The SMILES string of the molecule is O=C(c1ccccc1I)c1nccc2c1[nH]c1ccc(OCc3ccccc3)cc12. The van der Waals surface area contributed by atoms with Gasteiger partial charge in [-0.25, -0.2) is 0 Å². The summed E-state index contributed by atoms with van der Waals surface area (Å²) in [4.78, 5) is 21.0.